The zero-order valence-corrected chi connectivity index (χ0v) is 20.7. The molecule has 5 N–H and O–H groups in total. The quantitative estimate of drug-likeness (QED) is 0.182. The summed E-state index contributed by atoms with van der Waals surface area (Å²) >= 11 is 1.90. The Morgan fingerprint density at radius 3 is 2.33 bits per heavy atom. The van der Waals surface area contributed by atoms with E-state index in [-0.39, 0.29) is 24.1 Å². The molecule has 11 nitrogen and oxygen atoms in total. The predicted molar refractivity (Wildman–Crippen MR) is 127 cm³/mol. The molecule has 33 heavy (non-hydrogen) atoms. The number of rotatable bonds is 14. The van der Waals surface area contributed by atoms with Crippen LogP contribution < -0.4 is 26.6 Å². The third-order valence-corrected chi connectivity index (χ3v) is 6.47. The summed E-state index contributed by atoms with van der Waals surface area (Å²) in [6.45, 7) is 8.41. The molecule has 12 heteroatoms. The summed E-state index contributed by atoms with van der Waals surface area (Å²) in [5.74, 6) is 0.967. The zero-order valence-electron chi connectivity index (χ0n) is 19.9. The molecular formula is C21H39N5O6S. The van der Waals surface area contributed by atoms with Gasteiger partial charge in [-0.15, -0.1) is 0 Å². The molecule has 0 radical (unpaired) electrons. The van der Waals surface area contributed by atoms with Crippen molar-refractivity contribution in [1.82, 2.24) is 26.6 Å². The summed E-state index contributed by atoms with van der Waals surface area (Å²) in [7, 11) is 0. The maximum atomic E-state index is 11.8. The Morgan fingerprint density at radius 1 is 0.970 bits per heavy atom. The second-order valence-electron chi connectivity index (χ2n) is 8.95. The Labute approximate surface area is 200 Å². The number of carbonyl (C=O) groups excluding carboxylic acids is 3. The fraction of sp³-hybridized carbons (Fsp3) is 0.857. The minimum atomic E-state index is -0.517. The molecule has 3 atom stereocenters. The number of fused-ring (bicyclic) bond motifs is 1. The van der Waals surface area contributed by atoms with Crippen molar-refractivity contribution >= 4 is 29.9 Å². The van der Waals surface area contributed by atoms with Crippen molar-refractivity contribution in [2.24, 2.45) is 0 Å². The number of alkyl carbamates (subject to hydrolysis) is 1. The van der Waals surface area contributed by atoms with Gasteiger partial charge in [-0.25, -0.2) is 14.4 Å². The maximum Gasteiger partial charge on any atom is 0.407 e. The minimum Gasteiger partial charge on any atom is -0.444 e. The number of carbonyl (C=O) groups is 3. The highest BCUT2D eigenvalue weighted by molar-refractivity contribution is 8.00. The van der Waals surface area contributed by atoms with Gasteiger partial charge in [0.25, 0.3) is 0 Å². The van der Waals surface area contributed by atoms with Crippen molar-refractivity contribution in [3.63, 3.8) is 0 Å². The average molecular weight is 490 g/mol. The number of urea groups is 2. The van der Waals surface area contributed by atoms with E-state index in [1.165, 1.54) is 0 Å². The van der Waals surface area contributed by atoms with E-state index in [2.05, 4.69) is 26.6 Å². The molecule has 0 aliphatic carbocycles. The van der Waals surface area contributed by atoms with Crippen LogP contribution in [-0.4, -0.2) is 92.9 Å². The van der Waals surface area contributed by atoms with Crippen molar-refractivity contribution in [3.05, 3.63) is 0 Å². The molecule has 0 bridgehead atoms. The third-order valence-electron chi connectivity index (χ3n) is 4.96. The normalized spacial score (nSPS) is 21.7. The molecule has 0 saturated carbocycles. The van der Waals surface area contributed by atoms with Crippen molar-refractivity contribution < 1.29 is 28.6 Å². The van der Waals surface area contributed by atoms with Crippen molar-refractivity contribution in [2.75, 3.05) is 51.8 Å². The molecule has 0 spiro atoms. The van der Waals surface area contributed by atoms with Crippen LogP contribution in [0.3, 0.4) is 0 Å². The first-order valence-corrected chi connectivity index (χ1v) is 12.6. The van der Waals surface area contributed by atoms with E-state index in [0.29, 0.717) is 51.3 Å². The van der Waals surface area contributed by atoms with Gasteiger partial charge in [-0.3, -0.25) is 0 Å². The second kappa shape index (κ2) is 14.4. The summed E-state index contributed by atoms with van der Waals surface area (Å²) in [5, 5.41) is 14.6. The van der Waals surface area contributed by atoms with Gasteiger partial charge in [0.05, 0.1) is 38.5 Å². The minimum absolute atomic E-state index is 0.0577. The number of hydrogen-bond acceptors (Lipinski definition) is 7. The van der Waals surface area contributed by atoms with Crippen LogP contribution in [-0.2, 0) is 14.2 Å². The molecule has 190 valence electrons. The lowest BCUT2D eigenvalue weighted by molar-refractivity contribution is 0.0405. The molecule has 0 aromatic rings. The fourth-order valence-corrected chi connectivity index (χ4v) is 5.02. The van der Waals surface area contributed by atoms with Crippen molar-refractivity contribution in [3.8, 4) is 0 Å². The molecule has 0 unspecified atom stereocenters. The maximum absolute atomic E-state index is 11.8. The Bertz CT molecular complexity index is 633. The lowest BCUT2D eigenvalue weighted by Crippen LogP contribution is -2.38. The molecule has 0 aromatic heterocycles. The predicted octanol–water partition coefficient (Wildman–Crippen LogP) is 1.18. The highest BCUT2D eigenvalue weighted by Gasteiger charge is 2.42. The van der Waals surface area contributed by atoms with E-state index in [0.717, 1.165) is 25.0 Å². The smallest absolute Gasteiger partial charge is 0.407 e. The number of thioether (sulfide) groups is 1. The van der Waals surface area contributed by atoms with Crippen LogP contribution >= 0.6 is 11.8 Å². The molecule has 2 saturated heterocycles. The lowest BCUT2D eigenvalue weighted by Gasteiger charge is -2.19. The monoisotopic (exact) mass is 489 g/mol. The van der Waals surface area contributed by atoms with Gasteiger partial charge < -0.3 is 40.8 Å². The molecule has 5 amide bonds. The van der Waals surface area contributed by atoms with Gasteiger partial charge in [0, 0.05) is 30.6 Å². The standard InChI is InChI=1S/C21H39N5O6S/c1-21(2,3)32-20(29)24-9-11-31-13-12-30-10-8-23-18(27)22-7-5-4-6-16-17-15(14-33-16)25-19(28)26-17/h15-17H,4-14H2,1-3H3,(H,24,29)(H2,22,23,27)(H2,25,26,28)/t15-,16-,17-/m0/s1. The molecule has 2 heterocycles. The lowest BCUT2D eigenvalue weighted by atomic mass is 10.0. The van der Waals surface area contributed by atoms with Gasteiger partial charge in [-0.1, -0.05) is 6.42 Å². The highest BCUT2D eigenvalue weighted by atomic mass is 32.2. The SMILES string of the molecule is CC(C)(C)OC(=O)NCCOCCOCCNC(=O)NCCCC[C@@H]1SC[C@@H]2NC(=O)N[C@@H]21. The van der Waals surface area contributed by atoms with Crippen LogP contribution in [0, 0.1) is 0 Å². The van der Waals surface area contributed by atoms with E-state index in [1.807, 2.05) is 32.5 Å². The van der Waals surface area contributed by atoms with Crippen molar-refractivity contribution in [2.45, 2.75) is 63.0 Å². The Morgan fingerprint density at radius 2 is 1.64 bits per heavy atom. The van der Waals surface area contributed by atoms with Crippen LogP contribution in [0.1, 0.15) is 40.0 Å². The Kier molecular flexibility index (Phi) is 11.9. The number of hydrogen-bond donors (Lipinski definition) is 5. The Hall–Kier alpha value is -1.92. The first-order valence-electron chi connectivity index (χ1n) is 11.6. The van der Waals surface area contributed by atoms with Crippen LogP contribution in [0.25, 0.3) is 0 Å². The van der Waals surface area contributed by atoms with E-state index < -0.39 is 11.7 Å². The Balaban J connectivity index is 1.32. The summed E-state index contributed by atoms with van der Waals surface area (Å²) in [6, 6.07) is 0.229. The number of ether oxygens (including phenoxy) is 3. The van der Waals surface area contributed by atoms with Gasteiger partial charge in [0.15, 0.2) is 0 Å². The van der Waals surface area contributed by atoms with E-state index in [4.69, 9.17) is 14.2 Å². The van der Waals surface area contributed by atoms with Gasteiger partial charge in [0.1, 0.15) is 5.60 Å². The zero-order chi connectivity index (χ0) is 24.1. The topological polar surface area (TPSA) is 139 Å². The number of amides is 5. The summed E-state index contributed by atoms with van der Waals surface area (Å²) in [4.78, 5) is 34.6. The van der Waals surface area contributed by atoms with Crippen LogP contribution in [0.2, 0.25) is 0 Å². The van der Waals surface area contributed by atoms with Crippen LogP contribution in [0.5, 0.6) is 0 Å². The number of nitrogens with one attached hydrogen (secondary N) is 5. The molecule has 0 aromatic carbocycles. The fourth-order valence-electron chi connectivity index (χ4n) is 3.48. The van der Waals surface area contributed by atoms with Crippen LogP contribution in [0.15, 0.2) is 0 Å². The summed E-state index contributed by atoms with van der Waals surface area (Å²) < 4.78 is 15.9. The van der Waals surface area contributed by atoms with Gasteiger partial charge in [-0.05, 0) is 33.6 Å². The van der Waals surface area contributed by atoms with E-state index in [1.54, 1.807) is 0 Å². The third kappa shape index (κ3) is 11.7. The van der Waals surface area contributed by atoms with E-state index in [9.17, 15) is 14.4 Å². The van der Waals surface area contributed by atoms with Gasteiger partial charge in [0.2, 0.25) is 0 Å². The first-order chi connectivity index (χ1) is 15.7. The molecule has 2 aliphatic heterocycles. The van der Waals surface area contributed by atoms with Gasteiger partial charge in [-0.2, -0.15) is 11.8 Å². The molecule has 2 aliphatic rings. The van der Waals surface area contributed by atoms with Crippen molar-refractivity contribution in [1.29, 1.82) is 0 Å². The molecule has 2 rings (SSSR count). The molecular weight excluding hydrogens is 450 g/mol. The largest absolute Gasteiger partial charge is 0.444 e. The van der Waals surface area contributed by atoms with Crippen LogP contribution in [0.4, 0.5) is 14.4 Å². The molecule has 2 fully saturated rings. The first kappa shape index (κ1) is 27.3. The van der Waals surface area contributed by atoms with Gasteiger partial charge >= 0.3 is 18.2 Å². The van der Waals surface area contributed by atoms with E-state index >= 15 is 0 Å². The summed E-state index contributed by atoms with van der Waals surface area (Å²) in [5.41, 5.74) is -0.517. The number of unbranched alkanes of at least 4 members (excludes halogenated alkanes) is 1. The average Bonchev–Trinajstić information content (AvgIpc) is 3.27. The summed E-state index contributed by atoms with van der Waals surface area (Å²) in [6.07, 6.45) is 2.48. The highest BCUT2D eigenvalue weighted by Crippen LogP contribution is 2.32. The second-order valence-corrected chi connectivity index (χ2v) is 10.2.